The first-order valence-corrected chi connectivity index (χ1v) is 12.0. The fourth-order valence-corrected chi connectivity index (χ4v) is 5.14. The number of aromatic amines is 1. The van der Waals surface area contributed by atoms with Crippen molar-refractivity contribution < 1.29 is 22.3 Å². The molecular formula is C25H25F4N7O. The number of ether oxygens (including phenoxy) is 1. The number of H-pyrrole nitrogens is 1. The van der Waals surface area contributed by atoms with Crippen molar-refractivity contribution in [3.05, 3.63) is 59.4 Å². The molecule has 0 radical (unpaired) electrons. The second kappa shape index (κ2) is 8.59. The minimum absolute atomic E-state index is 0.166. The Bertz CT molecular complexity index is 1450. The molecule has 2 aliphatic rings. The van der Waals surface area contributed by atoms with Gasteiger partial charge in [0.1, 0.15) is 29.7 Å². The molecule has 1 aromatic carbocycles. The molecule has 4 aromatic rings. The number of nitrogens with zero attached hydrogens (tertiary/aromatic N) is 6. The van der Waals surface area contributed by atoms with Crippen molar-refractivity contribution in [2.24, 2.45) is 7.05 Å². The van der Waals surface area contributed by atoms with Crippen molar-refractivity contribution in [3.63, 3.8) is 0 Å². The fourth-order valence-electron chi connectivity index (χ4n) is 5.14. The molecule has 6 rings (SSSR count). The number of halogens is 4. The van der Waals surface area contributed by atoms with Gasteiger partial charge in [0.2, 0.25) is 0 Å². The second-order valence-corrected chi connectivity index (χ2v) is 10.0. The summed E-state index contributed by atoms with van der Waals surface area (Å²) in [5.41, 5.74) is 1.38. The van der Waals surface area contributed by atoms with Gasteiger partial charge in [0.05, 0.1) is 30.5 Å². The Labute approximate surface area is 209 Å². The molecular weight excluding hydrogens is 490 g/mol. The molecule has 8 nitrogen and oxygen atoms in total. The molecule has 3 aromatic heterocycles. The van der Waals surface area contributed by atoms with Crippen LogP contribution in [0.1, 0.15) is 35.7 Å². The normalized spacial score (nSPS) is 19.1. The fraction of sp³-hybridized carbons (Fsp3) is 0.440. The number of fused-ring (bicyclic) bond motifs is 1. The first-order valence-electron chi connectivity index (χ1n) is 12.0. The summed E-state index contributed by atoms with van der Waals surface area (Å²) in [7, 11) is 1.88. The monoisotopic (exact) mass is 515 g/mol. The lowest BCUT2D eigenvalue weighted by Gasteiger charge is -2.41. The molecule has 2 saturated heterocycles. The van der Waals surface area contributed by atoms with Gasteiger partial charge in [-0.1, -0.05) is 18.2 Å². The molecule has 0 aliphatic carbocycles. The second-order valence-electron chi connectivity index (χ2n) is 10.0. The molecule has 0 amide bonds. The molecule has 37 heavy (non-hydrogen) atoms. The van der Waals surface area contributed by atoms with Crippen molar-refractivity contribution in [3.8, 4) is 11.3 Å². The highest BCUT2D eigenvalue weighted by Gasteiger charge is 2.42. The lowest BCUT2D eigenvalue weighted by atomic mass is 9.75. The van der Waals surface area contributed by atoms with Gasteiger partial charge in [-0.15, -0.1) is 10.2 Å². The maximum Gasteiger partial charge on any atom is 0.433 e. The SMILES string of the molecule is C[C@H](c1nc(C(F)(F)F)cc2c(-c3cccc(C4(Cc5nncn5C)COC4)c3)n[nH]c12)N1CC(F)C1. The number of aromatic nitrogens is 6. The van der Waals surface area contributed by atoms with Crippen LogP contribution in [0.4, 0.5) is 17.6 Å². The van der Waals surface area contributed by atoms with E-state index in [1.165, 1.54) is 0 Å². The molecule has 0 unspecified atom stereocenters. The summed E-state index contributed by atoms with van der Waals surface area (Å²) in [6.07, 6.45) is -3.36. The molecule has 12 heteroatoms. The number of benzene rings is 1. The van der Waals surface area contributed by atoms with Crippen LogP contribution in [0.2, 0.25) is 0 Å². The number of alkyl halides is 4. The Balaban J connectivity index is 1.43. The first kappa shape index (κ1) is 24.0. The van der Waals surface area contributed by atoms with Crippen molar-refractivity contribution >= 4 is 10.9 Å². The lowest BCUT2D eigenvalue weighted by molar-refractivity contribution is -0.141. The van der Waals surface area contributed by atoms with Crippen LogP contribution in [0, 0.1) is 0 Å². The predicted molar refractivity (Wildman–Crippen MR) is 126 cm³/mol. The van der Waals surface area contributed by atoms with E-state index in [4.69, 9.17) is 4.74 Å². The van der Waals surface area contributed by atoms with Crippen molar-refractivity contribution in [2.75, 3.05) is 26.3 Å². The Morgan fingerprint density at radius 2 is 2.00 bits per heavy atom. The predicted octanol–water partition coefficient (Wildman–Crippen LogP) is 4.00. The van der Waals surface area contributed by atoms with Crippen molar-refractivity contribution in [1.29, 1.82) is 0 Å². The zero-order valence-electron chi connectivity index (χ0n) is 20.3. The minimum Gasteiger partial charge on any atom is -0.379 e. The molecule has 5 heterocycles. The van der Waals surface area contributed by atoms with Gasteiger partial charge >= 0.3 is 6.18 Å². The van der Waals surface area contributed by atoms with E-state index < -0.39 is 24.1 Å². The maximum atomic E-state index is 13.9. The standard InChI is InChI=1S/C25H25F4N7O/c1-14(36-9-17(26)10-36)21-23-18(7-19(31-21)25(27,28)29)22(33-34-23)15-4-3-5-16(6-15)24(11-37-12-24)8-20-32-30-13-35(20)2/h3-7,13-14,17H,8-12H2,1-2H3,(H,33,34)/t14-/m1/s1. The van der Waals surface area contributed by atoms with Crippen LogP contribution >= 0.6 is 0 Å². The van der Waals surface area contributed by atoms with Crippen LogP contribution < -0.4 is 0 Å². The summed E-state index contributed by atoms with van der Waals surface area (Å²) in [6.45, 7) is 3.07. The Kier molecular flexibility index (Phi) is 5.57. The number of pyridine rings is 1. The number of rotatable bonds is 6. The van der Waals surface area contributed by atoms with Gasteiger partial charge in [-0.05, 0) is 24.6 Å². The number of aryl methyl sites for hydroxylation is 1. The van der Waals surface area contributed by atoms with E-state index in [0.717, 1.165) is 17.5 Å². The summed E-state index contributed by atoms with van der Waals surface area (Å²) < 4.78 is 62.5. The highest BCUT2D eigenvalue weighted by Crippen LogP contribution is 2.40. The van der Waals surface area contributed by atoms with Crippen LogP contribution in [0.25, 0.3) is 22.2 Å². The van der Waals surface area contributed by atoms with E-state index in [-0.39, 0.29) is 24.2 Å². The summed E-state index contributed by atoms with van der Waals surface area (Å²) in [6, 6.07) is 8.18. The molecule has 0 spiro atoms. The number of likely N-dealkylation sites (tertiary alicyclic amines) is 1. The van der Waals surface area contributed by atoms with E-state index >= 15 is 0 Å². The molecule has 194 valence electrons. The lowest BCUT2D eigenvalue weighted by Crippen LogP contribution is -2.49. The average molecular weight is 516 g/mol. The zero-order chi connectivity index (χ0) is 25.9. The highest BCUT2D eigenvalue weighted by molar-refractivity contribution is 5.94. The largest absolute Gasteiger partial charge is 0.433 e. The van der Waals surface area contributed by atoms with Gasteiger partial charge in [-0.2, -0.15) is 18.3 Å². The van der Waals surface area contributed by atoms with E-state index in [9.17, 15) is 17.6 Å². The smallest absolute Gasteiger partial charge is 0.379 e. The zero-order valence-corrected chi connectivity index (χ0v) is 20.3. The average Bonchev–Trinajstić information content (AvgIpc) is 3.43. The van der Waals surface area contributed by atoms with Gasteiger partial charge in [0.25, 0.3) is 0 Å². The molecule has 0 saturated carbocycles. The van der Waals surface area contributed by atoms with Crippen molar-refractivity contribution in [1.82, 2.24) is 34.8 Å². The maximum absolute atomic E-state index is 13.9. The van der Waals surface area contributed by atoms with Crippen LogP contribution in [-0.2, 0) is 29.8 Å². The van der Waals surface area contributed by atoms with Crippen LogP contribution in [0.3, 0.4) is 0 Å². The number of hydrogen-bond acceptors (Lipinski definition) is 6. The summed E-state index contributed by atoms with van der Waals surface area (Å²) in [5.74, 6) is 0.819. The van der Waals surface area contributed by atoms with E-state index in [0.29, 0.717) is 41.8 Å². The van der Waals surface area contributed by atoms with Gasteiger partial charge in [-0.3, -0.25) is 10.00 Å². The van der Waals surface area contributed by atoms with E-state index in [1.54, 1.807) is 18.2 Å². The highest BCUT2D eigenvalue weighted by atomic mass is 19.4. The Morgan fingerprint density at radius 3 is 2.62 bits per heavy atom. The first-order chi connectivity index (χ1) is 17.6. The summed E-state index contributed by atoms with van der Waals surface area (Å²) in [4.78, 5) is 5.71. The molecule has 1 atom stereocenters. The van der Waals surface area contributed by atoms with Crippen molar-refractivity contribution in [2.45, 2.75) is 37.1 Å². The molecule has 2 aliphatic heterocycles. The summed E-state index contributed by atoms with van der Waals surface area (Å²) >= 11 is 0. The summed E-state index contributed by atoms with van der Waals surface area (Å²) in [5, 5.41) is 15.8. The Morgan fingerprint density at radius 1 is 1.22 bits per heavy atom. The third-order valence-electron chi connectivity index (χ3n) is 7.49. The molecule has 2 fully saturated rings. The topological polar surface area (TPSA) is 84.7 Å². The van der Waals surface area contributed by atoms with Gasteiger partial charge in [0.15, 0.2) is 0 Å². The minimum atomic E-state index is -4.64. The molecule has 0 bridgehead atoms. The van der Waals surface area contributed by atoms with E-state index in [2.05, 4.69) is 25.4 Å². The van der Waals surface area contributed by atoms with Crippen LogP contribution in [0.15, 0.2) is 36.7 Å². The van der Waals surface area contributed by atoms with Gasteiger partial charge in [-0.25, -0.2) is 9.37 Å². The third kappa shape index (κ3) is 4.08. The van der Waals surface area contributed by atoms with Crippen LogP contribution in [-0.4, -0.2) is 67.3 Å². The number of nitrogens with one attached hydrogen (secondary N) is 1. The quantitative estimate of drug-likeness (QED) is 0.391. The van der Waals surface area contributed by atoms with Crippen LogP contribution in [0.5, 0.6) is 0 Å². The van der Waals surface area contributed by atoms with E-state index in [1.807, 2.05) is 35.9 Å². The Hall–Kier alpha value is -3.38. The van der Waals surface area contributed by atoms with Gasteiger partial charge in [0, 0.05) is 42.9 Å². The molecule has 1 N–H and O–H groups in total. The third-order valence-corrected chi connectivity index (χ3v) is 7.49. The number of hydrogen-bond donors (Lipinski definition) is 1. The van der Waals surface area contributed by atoms with Gasteiger partial charge < -0.3 is 9.30 Å².